The molecule has 0 spiro atoms. The lowest BCUT2D eigenvalue weighted by Gasteiger charge is -2.06. The molecule has 3 aromatic rings. The van der Waals surface area contributed by atoms with E-state index in [1.54, 1.807) is 17.8 Å². The number of carbonyl (C=O) groups excluding carboxylic acids is 1. The predicted molar refractivity (Wildman–Crippen MR) is 112 cm³/mol. The number of phenolic OH excluding ortho intramolecular Hbond substituents is 1. The first kappa shape index (κ1) is 19.1. The maximum atomic E-state index is 11.1. The van der Waals surface area contributed by atoms with Gasteiger partial charge < -0.3 is 16.2 Å². The molecule has 0 aliphatic heterocycles. The SMILES string of the molecule is C#CC(=O)NCc1cccc(CCCSc2cc(O)c3nc(N)sc3c2)c1. The van der Waals surface area contributed by atoms with Crippen LogP contribution in [0.2, 0.25) is 0 Å². The maximum Gasteiger partial charge on any atom is 0.295 e. The first-order valence-electron chi connectivity index (χ1n) is 8.39. The minimum Gasteiger partial charge on any atom is -0.506 e. The Balaban J connectivity index is 1.52. The molecule has 27 heavy (non-hydrogen) atoms. The molecule has 1 aromatic heterocycles. The third kappa shape index (κ3) is 5.16. The topological polar surface area (TPSA) is 88.2 Å². The number of hydrogen-bond acceptors (Lipinski definition) is 6. The molecule has 1 heterocycles. The fourth-order valence-electron chi connectivity index (χ4n) is 2.68. The molecule has 0 fully saturated rings. The molecule has 3 rings (SSSR count). The van der Waals surface area contributed by atoms with Crippen molar-refractivity contribution in [3.8, 4) is 18.1 Å². The van der Waals surface area contributed by atoms with Gasteiger partial charge in [0, 0.05) is 11.4 Å². The van der Waals surface area contributed by atoms with Crippen molar-refractivity contribution in [3.05, 3.63) is 47.5 Å². The van der Waals surface area contributed by atoms with E-state index in [1.807, 2.05) is 24.1 Å². The lowest BCUT2D eigenvalue weighted by atomic mass is 10.1. The van der Waals surface area contributed by atoms with E-state index in [0.717, 1.165) is 33.8 Å². The molecule has 0 atom stereocenters. The summed E-state index contributed by atoms with van der Waals surface area (Å²) in [6.07, 6.45) is 6.98. The van der Waals surface area contributed by atoms with Crippen molar-refractivity contribution < 1.29 is 9.90 Å². The van der Waals surface area contributed by atoms with Crippen LogP contribution in [0.15, 0.2) is 41.3 Å². The Morgan fingerprint density at radius 2 is 2.15 bits per heavy atom. The number of hydrogen-bond donors (Lipinski definition) is 3. The standard InChI is InChI=1S/C20H19N3O2S2/c1-2-18(25)22-12-14-6-3-5-13(9-14)7-4-8-26-15-10-16(24)19-17(11-15)27-20(21)23-19/h1,3,5-6,9-11,24H,4,7-8,12H2,(H2,21,23)(H,22,25). The third-order valence-corrected chi connectivity index (χ3v) is 5.81. The number of nitrogens with one attached hydrogen (secondary N) is 1. The van der Waals surface area contributed by atoms with E-state index in [-0.39, 0.29) is 5.75 Å². The molecule has 0 saturated carbocycles. The lowest BCUT2D eigenvalue weighted by Crippen LogP contribution is -2.20. The number of terminal acetylenes is 1. The Morgan fingerprint density at radius 3 is 2.96 bits per heavy atom. The van der Waals surface area contributed by atoms with Crippen molar-refractivity contribution in [1.82, 2.24) is 10.3 Å². The zero-order chi connectivity index (χ0) is 19.2. The number of nitrogen functional groups attached to an aromatic ring is 1. The number of thiazole rings is 1. The molecular weight excluding hydrogens is 378 g/mol. The molecule has 0 radical (unpaired) electrons. The van der Waals surface area contributed by atoms with Gasteiger partial charge in [-0.3, -0.25) is 4.79 Å². The average molecular weight is 398 g/mol. The van der Waals surface area contributed by atoms with Gasteiger partial charge in [-0.1, -0.05) is 35.6 Å². The summed E-state index contributed by atoms with van der Waals surface area (Å²) in [5.41, 5.74) is 8.52. The van der Waals surface area contributed by atoms with E-state index in [2.05, 4.69) is 22.4 Å². The average Bonchev–Trinajstić information content (AvgIpc) is 3.04. The number of nitrogens with two attached hydrogens (primary N) is 1. The molecule has 1 amide bonds. The van der Waals surface area contributed by atoms with E-state index in [1.165, 1.54) is 16.9 Å². The summed E-state index contributed by atoms with van der Waals surface area (Å²) in [5, 5.41) is 13.2. The number of benzene rings is 2. The summed E-state index contributed by atoms with van der Waals surface area (Å²) in [6, 6.07) is 11.9. The van der Waals surface area contributed by atoms with E-state index in [4.69, 9.17) is 12.2 Å². The Kier molecular flexibility index (Phi) is 6.22. The highest BCUT2D eigenvalue weighted by Gasteiger charge is 2.08. The van der Waals surface area contributed by atoms with Crippen LogP contribution < -0.4 is 11.1 Å². The second kappa shape index (κ2) is 8.80. The summed E-state index contributed by atoms with van der Waals surface area (Å²) in [5.74, 6) is 2.74. The van der Waals surface area contributed by atoms with Crippen LogP contribution in [-0.2, 0) is 17.8 Å². The Bertz CT molecular complexity index is 1010. The molecule has 5 nitrogen and oxygen atoms in total. The fraction of sp³-hybridized carbons (Fsp3) is 0.200. The smallest absolute Gasteiger partial charge is 0.295 e. The molecule has 0 saturated heterocycles. The van der Waals surface area contributed by atoms with Crippen molar-refractivity contribution in [2.24, 2.45) is 0 Å². The first-order valence-corrected chi connectivity index (χ1v) is 10.2. The zero-order valence-electron chi connectivity index (χ0n) is 14.6. The summed E-state index contributed by atoms with van der Waals surface area (Å²) in [4.78, 5) is 16.3. The van der Waals surface area contributed by atoms with Crippen molar-refractivity contribution in [3.63, 3.8) is 0 Å². The molecule has 0 bridgehead atoms. The number of aromatic hydroxyl groups is 1. The van der Waals surface area contributed by atoms with Crippen molar-refractivity contribution in [2.45, 2.75) is 24.3 Å². The van der Waals surface area contributed by atoms with Crippen LogP contribution >= 0.6 is 23.1 Å². The lowest BCUT2D eigenvalue weighted by molar-refractivity contribution is -0.115. The largest absolute Gasteiger partial charge is 0.506 e. The first-order chi connectivity index (χ1) is 13.0. The Morgan fingerprint density at radius 1 is 1.33 bits per heavy atom. The van der Waals surface area contributed by atoms with Crippen LogP contribution in [0.3, 0.4) is 0 Å². The van der Waals surface area contributed by atoms with Gasteiger partial charge in [-0.25, -0.2) is 4.98 Å². The van der Waals surface area contributed by atoms with Crippen molar-refractivity contribution in [2.75, 3.05) is 11.5 Å². The van der Waals surface area contributed by atoms with Crippen LogP contribution in [-0.4, -0.2) is 21.8 Å². The number of amides is 1. The Hall–Kier alpha value is -2.69. The number of phenols is 1. The highest BCUT2D eigenvalue weighted by molar-refractivity contribution is 7.99. The molecule has 0 aliphatic carbocycles. The summed E-state index contributed by atoms with van der Waals surface area (Å²) in [7, 11) is 0. The van der Waals surface area contributed by atoms with E-state index in [0.29, 0.717) is 17.2 Å². The number of aromatic nitrogens is 1. The van der Waals surface area contributed by atoms with E-state index in [9.17, 15) is 9.90 Å². The molecular formula is C20H19N3O2S2. The number of nitrogens with zero attached hydrogens (tertiary/aromatic N) is 1. The number of aryl methyl sites for hydroxylation is 1. The van der Waals surface area contributed by atoms with Crippen molar-refractivity contribution in [1.29, 1.82) is 0 Å². The number of carbonyl (C=O) groups is 1. The van der Waals surface area contributed by atoms with Gasteiger partial charge in [0.15, 0.2) is 5.13 Å². The van der Waals surface area contributed by atoms with Crippen molar-refractivity contribution >= 4 is 44.4 Å². The van der Waals surface area contributed by atoms with Gasteiger partial charge in [0.25, 0.3) is 5.91 Å². The Labute approximate surface area is 166 Å². The highest BCUT2D eigenvalue weighted by Crippen LogP contribution is 2.35. The van der Waals surface area contributed by atoms with Gasteiger partial charge >= 0.3 is 0 Å². The predicted octanol–water partition coefficient (Wildman–Crippen LogP) is 3.56. The molecule has 0 aliphatic rings. The fourth-order valence-corrected chi connectivity index (χ4v) is 4.47. The second-order valence-electron chi connectivity index (χ2n) is 5.94. The van der Waals surface area contributed by atoms with E-state index >= 15 is 0 Å². The van der Waals surface area contributed by atoms with Gasteiger partial charge in [-0.2, -0.15) is 0 Å². The number of thioether (sulfide) groups is 1. The quantitative estimate of drug-likeness (QED) is 0.322. The molecule has 138 valence electrons. The van der Waals surface area contributed by atoms with Crippen LogP contribution in [0.4, 0.5) is 5.13 Å². The monoisotopic (exact) mass is 397 g/mol. The van der Waals surface area contributed by atoms with Crippen LogP contribution in [0.25, 0.3) is 10.2 Å². The maximum absolute atomic E-state index is 11.1. The number of anilines is 1. The van der Waals surface area contributed by atoms with Gasteiger partial charge in [-0.15, -0.1) is 18.2 Å². The second-order valence-corrected chi connectivity index (χ2v) is 8.17. The molecule has 7 heteroatoms. The summed E-state index contributed by atoms with van der Waals surface area (Å²) < 4.78 is 0.900. The minimum atomic E-state index is -0.403. The molecule has 2 aromatic carbocycles. The number of fused-ring (bicyclic) bond motifs is 1. The third-order valence-electron chi connectivity index (χ3n) is 3.92. The summed E-state index contributed by atoms with van der Waals surface area (Å²) in [6.45, 7) is 0.433. The number of rotatable bonds is 7. The van der Waals surface area contributed by atoms with Gasteiger partial charge in [0.2, 0.25) is 0 Å². The molecule has 0 unspecified atom stereocenters. The zero-order valence-corrected chi connectivity index (χ0v) is 16.2. The van der Waals surface area contributed by atoms with Crippen LogP contribution in [0, 0.1) is 12.3 Å². The van der Waals surface area contributed by atoms with Crippen LogP contribution in [0.5, 0.6) is 5.75 Å². The highest BCUT2D eigenvalue weighted by atomic mass is 32.2. The minimum absolute atomic E-state index is 0.171. The van der Waals surface area contributed by atoms with Gasteiger partial charge in [-0.05, 0) is 47.8 Å². The van der Waals surface area contributed by atoms with Gasteiger partial charge in [0.1, 0.15) is 11.3 Å². The molecule has 4 N–H and O–H groups in total. The van der Waals surface area contributed by atoms with Crippen LogP contribution in [0.1, 0.15) is 17.5 Å². The van der Waals surface area contributed by atoms with Gasteiger partial charge in [0.05, 0.1) is 4.70 Å². The van der Waals surface area contributed by atoms with E-state index < -0.39 is 5.91 Å². The normalized spacial score (nSPS) is 10.6. The summed E-state index contributed by atoms with van der Waals surface area (Å²) >= 11 is 3.08.